The van der Waals surface area contributed by atoms with Gasteiger partial charge in [-0.05, 0) is 32.4 Å². The highest BCUT2D eigenvalue weighted by molar-refractivity contribution is 6.32. The third-order valence-electron chi connectivity index (χ3n) is 5.19. The third kappa shape index (κ3) is 5.22. The van der Waals surface area contributed by atoms with Crippen molar-refractivity contribution >= 4 is 11.6 Å². The van der Waals surface area contributed by atoms with E-state index in [0.29, 0.717) is 36.2 Å². The lowest BCUT2D eigenvalue weighted by molar-refractivity contribution is 0.0878. The largest absolute Gasteiger partial charge is 0.437 e. The molecule has 0 saturated heterocycles. The quantitative estimate of drug-likeness (QED) is 0.488. The van der Waals surface area contributed by atoms with Gasteiger partial charge in [0.2, 0.25) is 5.88 Å². The van der Waals surface area contributed by atoms with E-state index in [1.165, 1.54) is 0 Å². The first-order valence-electron chi connectivity index (χ1n) is 10.4. The lowest BCUT2D eigenvalue weighted by Crippen LogP contribution is -2.37. The summed E-state index contributed by atoms with van der Waals surface area (Å²) in [4.78, 5) is 2.25. The molecular weight excluding hydrogens is 398 g/mol. The van der Waals surface area contributed by atoms with Crippen LogP contribution in [0.3, 0.4) is 0 Å². The molecule has 0 amide bonds. The Morgan fingerprint density at radius 1 is 1.10 bits per heavy atom. The van der Waals surface area contributed by atoms with Crippen molar-refractivity contribution in [2.24, 2.45) is 7.05 Å². The molecule has 0 spiro atoms. The van der Waals surface area contributed by atoms with Crippen LogP contribution in [-0.2, 0) is 13.6 Å². The minimum absolute atomic E-state index is 0.253. The number of hydrogen-bond donors (Lipinski definition) is 1. The molecule has 0 fully saturated rings. The normalized spacial score (nSPS) is 12.5. The first kappa shape index (κ1) is 22.3. The minimum atomic E-state index is -0.378. The van der Waals surface area contributed by atoms with Gasteiger partial charge in [0, 0.05) is 31.7 Å². The van der Waals surface area contributed by atoms with Crippen LogP contribution in [0.4, 0.5) is 0 Å². The minimum Gasteiger partial charge on any atom is -0.437 e. The van der Waals surface area contributed by atoms with Crippen LogP contribution in [-0.4, -0.2) is 38.5 Å². The SMILES string of the molecule is CCC(O)CN(Cc1c(-c2ccccc2)nn(C)c1Oc1ccccc1Cl)C(C)C. The Labute approximate surface area is 183 Å². The van der Waals surface area contributed by atoms with Gasteiger partial charge in [-0.2, -0.15) is 5.10 Å². The van der Waals surface area contributed by atoms with E-state index in [1.807, 2.05) is 68.6 Å². The maximum atomic E-state index is 10.3. The number of aromatic nitrogens is 2. The fourth-order valence-electron chi connectivity index (χ4n) is 3.34. The molecule has 0 aliphatic carbocycles. The van der Waals surface area contributed by atoms with Crippen molar-refractivity contribution < 1.29 is 9.84 Å². The Morgan fingerprint density at radius 2 is 1.77 bits per heavy atom. The zero-order valence-corrected chi connectivity index (χ0v) is 18.8. The van der Waals surface area contributed by atoms with Gasteiger partial charge in [-0.3, -0.25) is 4.90 Å². The number of benzene rings is 2. The van der Waals surface area contributed by atoms with Crippen LogP contribution >= 0.6 is 11.6 Å². The van der Waals surface area contributed by atoms with Crippen LogP contribution in [0.15, 0.2) is 54.6 Å². The highest BCUT2D eigenvalue weighted by Crippen LogP contribution is 2.36. The molecule has 0 radical (unpaired) electrons. The molecule has 1 atom stereocenters. The van der Waals surface area contributed by atoms with Crippen molar-refractivity contribution in [2.75, 3.05) is 6.54 Å². The number of halogens is 1. The van der Waals surface area contributed by atoms with Crippen molar-refractivity contribution in [3.8, 4) is 22.9 Å². The van der Waals surface area contributed by atoms with Gasteiger partial charge in [-0.1, -0.05) is 61.0 Å². The van der Waals surface area contributed by atoms with Gasteiger partial charge < -0.3 is 9.84 Å². The summed E-state index contributed by atoms with van der Waals surface area (Å²) in [6.07, 6.45) is 0.335. The van der Waals surface area contributed by atoms with Gasteiger partial charge in [-0.25, -0.2) is 4.68 Å². The molecule has 0 saturated carbocycles. The van der Waals surface area contributed by atoms with E-state index in [2.05, 4.69) is 18.7 Å². The van der Waals surface area contributed by atoms with E-state index >= 15 is 0 Å². The lowest BCUT2D eigenvalue weighted by atomic mass is 10.1. The van der Waals surface area contributed by atoms with Crippen LogP contribution in [0.5, 0.6) is 11.6 Å². The second kappa shape index (κ2) is 10.1. The predicted molar refractivity (Wildman–Crippen MR) is 122 cm³/mol. The monoisotopic (exact) mass is 427 g/mol. The molecule has 1 heterocycles. The molecule has 5 nitrogen and oxygen atoms in total. The number of aliphatic hydroxyl groups is 1. The number of rotatable bonds is 9. The van der Waals surface area contributed by atoms with Crippen molar-refractivity contribution in [2.45, 2.75) is 45.9 Å². The molecular formula is C24H30ClN3O2. The van der Waals surface area contributed by atoms with Gasteiger partial charge in [0.1, 0.15) is 11.4 Å². The first-order valence-corrected chi connectivity index (χ1v) is 10.7. The van der Waals surface area contributed by atoms with E-state index in [1.54, 1.807) is 4.68 Å². The van der Waals surface area contributed by atoms with Gasteiger partial charge in [0.15, 0.2) is 0 Å². The first-order chi connectivity index (χ1) is 14.4. The second-order valence-electron chi connectivity index (χ2n) is 7.74. The summed E-state index contributed by atoms with van der Waals surface area (Å²) in [7, 11) is 1.88. The summed E-state index contributed by atoms with van der Waals surface area (Å²) in [5.41, 5.74) is 2.87. The topological polar surface area (TPSA) is 50.5 Å². The summed E-state index contributed by atoms with van der Waals surface area (Å²) in [5, 5.41) is 15.6. The van der Waals surface area contributed by atoms with Crippen LogP contribution in [0.25, 0.3) is 11.3 Å². The molecule has 1 unspecified atom stereocenters. The summed E-state index contributed by atoms with van der Waals surface area (Å²) in [5.74, 6) is 1.24. The number of nitrogens with zero attached hydrogens (tertiary/aromatic N) is 3. The summed E-state index contributed by atoms with van der Waals surface area (Å²) < 4.78 is 8.02. The van der Waals surface area contributed by atoms with Crippen molar-refractivity contribution in [1.29, 1.82) is 0 Å². The van der Waals surface area contributed by atoms with Crippen LogP contribution in [0.1, 0.15) is 32.8 Å². The number of aryl methyl sites for hydroxylation is 1. The molecule has 0 bridgehead atoms. The highest BCUT2D eigenvalue weighted by Gasteiger charge is 2.24. The van der Waals surface area contributed by atoms with Crippen LogP contribution in [0.2, 0.25) is 5.02 Å². The number of para-hydroxylation sites is 1. The molecule has 160 valence electrons. The maximum absolute atomic E-state index is 10.3. The van der Waals surface area contributed by atoms with E-state index < -0.39 is 0 Å². The average Bonchev–Trinajstić information content (AvgIpc) is 3.05. The number of hydrogen-bond acceptors (Lipinski definition) is 4. The van der Waals surface area contributed by atoms with E-state index in [0.717, 1.165) is 16.8 Å². The molecule has 1 N–H and O–H groups in total. The van der Waals surface area contributed by atoms with Crippen molar-refractivity contribution in [1.82, 2.24) is 14.7 Å². The number of aliphatic hydroxyl groups excluding tert-OH is 1. The molecule has 1 aromatic heterocycles. The van der Waals surface area contributed by atoms with Crippen molar-refractivity contribution in [3.05, 3.63) is 65.2 Å². The smallest absolute Gasteiger partial charge is 0.222 e. The number of ether oxygens (including phenoxy) is 1. The highest BCUT2D eigenvalue weighted by atomic mass is 35.5. The molecule has 30 heavy (non-hydrogen) atoms. The molecule has 3 aromatic rings. The molecule has 0 aliphatic rings. The second-order valence-corrected chi connectivity index (χ2v) is 8.15. The summed E-state index contributed by atoms with van der Waals surface area (Å²) in [6, 6.07) is 17.8. The van der Waals surface area contributed by atoms with Gasteiger partial charge in [0.25, 0.3) is 0 Å². The Balaban J connectivity index is 2.06. The lowest BCUT2D eigenvalue weighted by Gasteiger charge is -2.28. The average molecular weight is 428 g/mol. The van der Waals surface area contributed by atoms with Gasteiger partial charge >= 0.3 is 0 Å². The zero-order valence-electron chi connectivity index (χ0n) is 18.0. The summed E-state index contributed by atoms with van der Waals surface area (Å²) in [6.45, 7) is 7.45. The summed E-state index contributed by atoms with van der Waals surface area (Å²) >= 11 is 6.35. The van der Waals surface area contributed by atoms with Gasteiger partial charge in [-0.15, -0.1) is 0 Å². The fourth-order valence-corrected chi connectivity index (χ4v) is 3.52. The van der Waals surface area contributed by atoms with E-state index in [4.69, 9.17) is 21.4 Å². The van der Waals surface area contributed by atoms with E-state index in [9.17, 15) is 5.11 Å². The fraction of sp³-hybridized carbons (Fsp3) is 0.375. The third-order valence-corrected chi connectivity index (χ3v) is 5.50. The molecule has 3 rings (SSSR count). The van der Waals surface area contributed by atoms with E-state index in [-0.39, 0.29) is 12.1 Å². The van der Waals surface area contributed by atoms with Gasteiger partial charge in [0.05, 0.1) is 16.7 Å². The maximum Gasteiger partial charge on any atom is 0.222 e. The molecule has 0 aliphatic heterocycles. The molecule has 2 aromatic carbocycles. The van der Waals surface area contributed by atoms with Crippen LogP contribution < -0.4 is 4.74 Å². The zero-order chi connectivity index (χ0) is 21.7. The standard InChI is InChI=1S/C24H30ClN3O2/c1-5-19(29)15-28(17(2)3)16-20-23(18-11-7-6-8-12-18)26-27(4)24(20)30-22-14-10-9-13-21(22)25/h6-14,17,19,29H,5,15-16H2,1-4H3. The Bertz CT molecular complexity index is 956. The van der Waals surface area contributed by atoms with Crippen molar-refractivity contribution in [3.63, 3.8) is 0 Å². The Kier molecular flexibility index (Phi) is 7.53. The Morgan fingerprint density at radius 3 is 2.40 bits per heavy atom. The Hall–Kier alpha value is -2.34. The van der Waals surface area contributed by atoms with Crippen LogP contribution in [0, 0.1) is 0 Å². The predicted octanol–water partition coefficient (Wildman–Crippen LogP) is 5.51. The molecule has 6 heteroatoms.